The van der Waals surface area contributed by atoms with Crippen LogP contribution < -0.4 is 14.2 Å². The predicted molar refractivity (Wildman–Crippen MR) is 180 cm³/mol. The van der Waals surface area contributed by atoms with Crippen molar-refractivity contribution in [3.63, 3.8) is 0 Å². The van der Waals surface area contributed by atoms with Crippen molar-refractivity contribution in [3.8, 4) is 50.8 Å². The van der Waals surface area contributed by atoms with E-state index >= 15 is 0 Å². The van der Waals surface area contributed by atoms with E-state index in [9.17, 15) is 0 Å². The lowest BCUT2D eigenvalue weighted by molar-refractivity contribution is 0.293. The van der Waals surface area contributed by atoms with Crippen LogP contribution >= 0.6 is 35.3 Å². The fourth-order valence-corrected chi connectivity index (χ4v) is 4.48. The second-order valence-electron chi connectivity index (χ2n) is 8.89. The Labute approximate surface area is 262 Å². The van der Waals surface area contributed by atoms with E-state index in [-0.39, 0.29) is 0 Å². The molecule has 4 aromatic carbocycles. The first-order valence-electron chi connectivity index (χ1n) is 13.1. The van der Waals surface area contributed by atoms with Gasteiger partial charge in [-0.15, -0.1) is 0 Å². The van der Waals surface area contributed by atoms with Gasteiger partial charge in [0.05, 0.1) is 0 Å². The standard InChI is InChI=1S/C36H30O3S3/c1-40-19-16-28-4-10-34(11-5-28)37-25-31-22-32(26-38-35-12-6-29(7-13-35)17-20-41-2)24-33(23-31)27-39-36-14-8-30(9-15-36)18-21-42-3/h4-15,22-24H,25-27H2,1-3H3. The van der Waals surface area contributed by atoms with Gasteiger partial charge in [-0.2, -0.15) is 0 Å². The maximum absolute atomic E-state index is 6.11. The van der Waals surface area contributed by atoms with Gasteiger partial charge in [-0.25, -0.2) is 0 Å². The van der Waals surface area contributed by atoms with Gasteiger partial charge in [0.15, 0.2) is 0 Å². The molecule has 0 saturated carbocycles. The van der Waals surface area contributed by atoms with Crippen LogP contribution in [-0.4, -0.2) is 18.8 Å². The number of rotatable bonds is 9. The summed E-state index contributed by atoms with van der Waals surface area (Å²) < 4.78 is 18.3. The van der Waals surface area contributed by atoms with E-state index in [4.69, 9.17) is 14.2 Å². The predicted octanol–water partition coefficient (Wildman–Crippen LogP) is 8.44. The molecule has 0 aliphatic heterocycles. The van der Waals surface area contributed by atoms with Crippen molar-refractivity contribution < 1.29 is 14.2 Å². The van der Waals surface area contributed by atoms with E-state index in [1.54, 1.807) is 0 Å². The van der Waals surface area contributed by atoms with Crippen LogP contribution in [0, 0.1) is 33.5 Å². The van der Waals surface area contributed by atoms with Crippen molar-refractivity contribution in [2.24, 2.45) is 0 Å². The van der Waals surface area contributed by atoms with E-state index in [0.717, 1.165) is 50.6 Å². The molecule has 0 unspecified atom stereocenters. The Kier molecular flexibility index (Phi) is 12.6. The van der Waals surface area contributed by atoms with Gasteiger partial charge < -0.3 is 14.2 Å². The van der Waals surface area contributed by atoms with Crippen LogP contribution in [0.4, 0.5) is 0 Å². The molecule has 0 saturated heterocycles. The van der Waals surface area contributed by atoms with Crippen molar-refractivity contribution >= 4 is 35.3 Å². The number of hydrogen-bond donors (Lipinski definition) is 0. The molecule has 42 heavy (non-hydrogen) atoms. The van der Waals surface area contributed by atoms with Crippen LogP contribution in [0.1, 0.15) is 33.4 Å². The highest BCUT2D eigenvalue weighted by molar-refractivity contribution is 8.03. The molecule has 6 heteroatoms. The van der Waals surface area contributed by atoms with Gasteiger partial charge in [0.1, 0.15) is 37.1 Å². The summed E-state index contributed by atoms with van der Waals surface area (Å²) >= 11 is 4.49. The SMILES string of the molecule is CSC#Cc1ccc(OCc2cc(COc3ccc(C#CSC)cc3)cc(COc3ccc(C#CSC)cc3)c2)cc1. The van der Waals surface area contributed by atoms with Crippen LogP contribution in [0.5, 0.6) is 17.2 Å². The Hall–Kier alpha value is -3.99. The summed E-state index contributed by atoms with van der Waals surface area (Å²) in [6.07, 6.45) is 5.88. The normalized spacial score (nSPS) is 9.79. The van der Waals surface area contributed by atoms with Gasteiger partial charge in [-0.05, 0) is 142 Å². The zero-order chi connectivity index (χ0) is 29.4. The number of ether oxygens (including phenoxy) is 3. The second kappa shape index (κ2) is 17.1. The highest BCUT2D eigenvalue weighted by atomic mass is 32.2. The summed E-state index contributed by atoms with van der Waals surface area (Å²) in [5, 5.41) is 9.04. The molecule has 0 fully saturated rings. The van der Waals surface area contributed by atoms with E-state index in [1.807, 2.05) is 91.6 Å². The highest BCUT2D eigenvalue weighted by Crippen LogP contribution is 2.21. The van der Waals surface area contributed by atoms with Crippen molar-refractivity contribution in [3.05, 3.63) is 124 Å². The lowest BCUT2D eigenvalue weighted by atomic mass is 10.1. The van der Waals surface area contributed by atoms with Crippen molar-refractivity contribution in [2.45, 2.75) is 19.8 Å². The van der Waals surface area contributed by atoms with Gasteiger partial charge >= 0.3 is 0 Å². The van der Waals surface area contributed by atoms with E-state index < -0.39 is 0 Å². The average Bonchev–Trinajstić information content (AvgIpc) is 3.04. The molecule has 0 bridgehead atoms. The Balaban J connectivity index is 1.46. The zero-order valence-corrected chi connectivity index (χ0v) is 26.2. The molecule has 210 valence electrons. The Morgan fingerprint density at radius 3 is 0.929 bits per heavy atom. The molecule has 0 atom stereocenters. The summed E-state index contributed by atoms with van der Waals surface area (Å²) in [5.41, 5.74) is 5.99. The van der Waals surface area contributed by atoms with E-state index in [0.29, 0.717) is 19.8 Å². The molecule has 0 spiro atoms. The van der Waals surface area contributed by atoms with Gasteiger partial charge in [0, 0.05) is 16.7 Å². The Bertz CT molecular complexity index is 1420. The largest absolute Gasteiger partial charge is 0.489 e. The molecule has 0 radical (unpaired) electrons. The minimum Gasteiger partial charge on any atom is -0.489 e. The minimum absolute atomic E-state index is 0.419. The lowest BCUT2D eigenvalue weighted by Gasteiger charge is -2.13. The monoisotopic (exact) mass is 606 g/mol. The first-order chi connectivity index (χ1) is 20.6. The summed E-state index contributed by atoms with van der Waals surface area (Å²) in [7, 11) is 0. The van der Waals surface area contributed by atoms with Crippen molar-refractivity contribution in [2.75, 3.05) is 18.8 Å². The van der Waals surface area contributed by atoms with Crippen LogP contribution in [0.3, 0.4) is 0 Å². The fraction of sp³-hybridized carbons (Fsp3) is 0.167. The molecule has 0 aliphatic rings. The molecule has 4 rings (SSSR count). The van der Waals surface area contributed by atoms with Crippen LogP contribution in [-0.2, 0) is 19.8 Å². The van der Waals surface area contributed by atoms with Gasteiger partial charge in [0.2, 0.25) is 0 Å². The average molecular weight is 607 g/mol. The van der Waals surface area contributed by atoms with Crippen LogP contribution in [0.2, 0.25) is 0 Å². The van der Waals surface area contributed by atoms with Crippen LogP contribution in [0.15, 0.2) is 91.0 Å². The Morgan fingerprint density at radius 1 is 0.429 bits per heavy atom. The lowest BCUT2D eigenvalue weighted by Crippen LogP contribution is -2.04. The maximum atomic E-state index is 6.11. The summed E-state index contributed by atoms with van der Waals surface area (Å²) in [6, 6.07) is 29.8. The molecule has 0 amide bonds. The molecular formula is C36H30O3S3. The topological polar surface area (TPSA) is 27.7 Å². The summed E-state index contributed by atoms with van der Waals surface area (Å²) in [5.74, 6) is 11.7. The number of thioether (sulfide) groups is 3. The summed E-state index contributed by atoms with van der Waals surface area (Å²) in [4.78, 5) is 0. The number of benzene rings is 4. The maximum Gasteiger partial charge on any atom is 0.119 e. The summed E-state index contributed by atoms with van der Waals surface area (Å²) in [6.45, 7) is 1.26. The number of hydrogen-bond acceptors (Lipinski definition) is 6. The van der Waals surface area contributed by atoms with Crippen LogP contribution in [0.25, 0.3) is 0 Å². The van der Waals surface area contributed by atoms with E-state index in [1.165, 1.54) is 35.3 Å². The van der Waals surface area contributed by atoms with E-state index in [2.05, 4.69) is 51.7 Å². The molecular weight excluding hydrogens is 577 g/mol. The highest BCUT2D eigenvalue weighted by Gasteiger charge is 2.06. The molecule has 0 aliphatic carbocycles. The smallest absolute Gasteiger partial charge is 0.119 e. The third-order valence-electron chi connectivity index (χ3n) is 5.78. The molecule has 0 aromatic heterocycles. The van der Waals surface area contributed by atoms with Crippen molar-refractivity contribution in [1.29, 1.82) is 0 Å². The van der Waals surface area contributed by atoms with Crippen molar-refractivity contribution in [1.82, 2.24) is 0 Å². The van der Waals surface area contributed by atoms with Gasteiger partial charge in [-0.3, -0.25) is 0 Å². The quantitative estimate of drug-likeness (QED) is 0.178. The molecule has 3 nitrogen and oxygen atoms in total. The third-order valence-corrected chi connectivity index (χ3v) is 6.70. The minimum atomic E-state index is 0.419. The first-order valence-corrected chi connectivity index (χ1v) is 16.7. The zero-order valence-electron chi connectivity index (χ0n) is 23.7. The molecule has 0 N–H and O–H groups in total. The fourth-order valence-electron chi connectivity index (χ4n) is 3.82. The molecule has 0 heterocycles. The second-order valence-corrected chi connectivity index (χ2v) is 10.7. The molecule has 4 aromatic rings. The first kappa shape index (κ1) is 31.0. The Morgan fingerprint density at radius 2 is 0.690 bits per heavy atom. The van der Waals surface area contributed by atoms with Gasteiger partial charge in [0.25, 0.3) is 0 Å². The third kappa shape index (κ3) is 10.4. The van der Waals surface area contributed by atoms with Gasteiger partial charge in [-0.1, -0.05) is 53.0 Å².